The van der Waals surface area contributed by atoms with E-state index in [9.17, 15) is 0 Å². The third kappa shape index (κ3) is 7.60. The molecule has 0 spiro atoms. The third-order valence-corrected chi connectivity index (χ3v) is 2.25. The van der Waals surface area contributed by atoms with E-state index in [1.165, 1.54) is 0 Å². The molecular formula is C12H26N2S. The highest BCUT2D eigenvalue weighted by Crippen LogP contribution is 2.04. The number of nitrogens with zero attached hydrogens (tertiary/aromatic N) is 1. The summed E-state index contributed by atoms with van der Waals surface area (Å²) in [5.41, 5.74) is 0. The van der Waals surface area contributed by atoms with E-state index in [0.717, 1.165) is 18.2 Å². The molecule has 0 aromatic carbocycles. The Kier molecular flexibility index (Phi) is 6.90. The third-order valence-electron chi connectivity index (χ3n) is 1.87. The van der Waals surface area contributed by atoms with Crippen LogP contribution in [0.2, 0.25) is 0 Å². The van der Waals surface area contributed by atoms with E-state index in [2.05, 4.69) is 51.8 Å². The molecule has 0 amide bonds. The van der Waals surface area contributed by atoms with E-state index in [0.29, 0.717) is 17.9 Å². The molecule has 0 aromatic heterocycles. The second-order valence-electron chi connectivity index (χ2n) is 5.30. The maximum Gasteiger partial charge on any atom is 0.169 e. The van der Waals surface area contributed by atoms with Crippen molar-refractivity contribution in [3.63, 3.8) is 0 Å². The van der Waals surface area contributed by atoms with Gasteiger partial charge in [0.1, 0.15) is 0 Å². The first kappa shape index (κ1) is 14.7. The van der Waals surface area contributed by atoms with Crippen LogP contribution in [0.15, 0.2) is 0 Å². The topological polar surface area (TPSA) is 15.3 Å². The molecule has 0 atom stereocenters. The highest BCUT2D eigenvalue weighted by Gasteiger charge is 2.13. The van der Waals surface area contributed by atoms with E-state index in [-0.39, 0.29) is 0 Å². The molecule has 0 aliphatic carbocycles. The van der Waals surface area contributed by atoms with Crippen LogP contribution in [0.3, 0.4) is 0 Å². The summed E-state index contributed by atoms with van der Waals surface area (Å²) in [5.74, 6) is 1.30. The number of nitrogens with one attached hydrogen (secondary N) is 1. The molecule has 0 saturated heterocycles. The fraction of sp³-hybridized carbons (Fsp3) is 0.917. The number of hydrogen-bond acceptors (Lipinski definition) is 1. The summed E-state index contributed by atoms with van der Waals surface area (Å²) in [7, 11) is 0. The van der Waals surface area contributed by atoms with Crippen molar-refractivity contribution in [2.75, 3.05) is 13.1 Å². The van der Waals surface area contributed by atoms with Crippen molar-refractivity contribution in [1.29, 1.82) is 0 Å². The van der Waals surface area contributed by atoms with Crippen molar-refractivity contribution < 1.29 is 0 Å². The minimum Gasteiger partial charge on any atom is -0.360 e. The summed E-state index contributed by atoms with van der Waals surface area (Å²) < 4.78 is 0. The largest absolute Gasteiger partial charge is 0.360 e. The van der Waals surface area contributed by atoms with Crippen molar-refractivity contribution >= 4 is 17.3 Å². The van der Waals surface area contributed by atoms with Crippen LogP contribution >= 0.6 is 12.2 Å². The Labute approximate surface area is 100 Å². The summed E-state index contributed by atoms with van der Waals surface area (Å²) in [6, 6.07) is 0.416. The van der Waals surface area contributed by atoms with E-state index in [1.807, 2.05) is 0 Å². The molecule has 15 heavy (non-hydrogen) atoms. The molecule has 3 heteroatoms. The molecule has 0 saturated carbocycles. The first-order valence-electron chi connectivity index (χ1n) is 5.88. The highest BCUT2D eigenvalue weighted by atomic mass is 32.1. The van der Waals surface area contributed by atoms with Crippen molar-refractivity contribution in [3.8, 4) is 0 Å². The van der Waals surface area contributed by atoms with Crippen molar-refractivity contribution in [2.45, 2.75) is 47.6 Å². The smallest absolute Gasteiger partial charge is 0.169 e. The van der Waals surface area contributed by atoms with Gasteiger partial charge in [0.15, 0.2) is 5.11 Å². The average molecular weight is 230 g/mol. The van der Waals surface area contributed by atoms with Gasteiger partial charge in [-0.3, -0.25) is 0 Å². The van der Waals surface area contributed by atoms with Gasteiger partial charge in [-0.25, -0.2) is 0 Å². The fourth-order valence-electron chi connectivity index (χ4n) is 1.46. The Morgan fingerprint density at radius 3 is 1.67 bits per heavy atom. The van der Waals surface area contributed by atoms with Gasteiger partial charge >= 0.3 is 0 Å². The molecule has 2 nitrogen and oxygen atoms in total. The lowest BCUT2D eigenvalue weighted by Gasteiger charge is -2.30. The van der Waals surface area contributed by atoms with Crippen LogP contribution in [0, 0.1) is 11.8 Å². The van der Waals surface area contributed by atoms with Gasteiger partial charge in [0.2, 0.25) is 0 Å². The minimum absolute atomic E-state index is 0.416. The standard InChI is InChI=1S/C12H26N2S/c1-9(2)7-14(8-10(3)4)12(15)13-11(5)6/h9-11H,7-8H2,1-6H3,(H,13,15). The molecule has 0 aliphatic heterocycles. The molecule has 1 N–H and O–H groups in total. The quantitative estimate of drug-likeness (QED) is 0.731. The number of rotatable bonds is 5. The van der Waals surface area contributed by atoms with Crippen LogP contribution in [0.5, 0.6) is 0 Å². The normalized spacial score (nSPS) is 11.3. The number of hydrogen-bond donors (Lipinski definition) is 1. The SMILES string of the molecule is CC(C)CN(CC(C)C)C(=S)NC(C)C. The van der Waals surface area contributed by atoms with Crippen LogP contribution < -0.4 is 5.32 Å². The Morgan fingerprint density at radius 2 is 1.40 bits per heavy atom. The molecule has 0 bridgehead atoms. The molecule has 0 aromatic rings. The summed E-state index contributed by atoms with van der Waals surface area (Å²) in [6.07, 6.45) is 0. The molecule has 0 heterocycles. The Morgan fingerprint density at radius 1 is 1.00 bits per heavy atom. The monoisotopic (exact) mass is 230 g/mol. The van der Waals surface area contributed by atoms with E-state index >= 15 is 0 Å². The van der Waals surface area contributed by atoms with Crippen LogP contribution in [-0.2, 0) is 0 Å². The molecule has 0 unspecified atom stereocenters. The van der Waals surface area contributed by atoms with Gasteiger partial charge in [0.05, 0.1) is 0 Å². The van der Waals surface area contributed by atoms with E-state index in [4.69, 9.17) is 12.2 Å². The van der Waals surface area contributed by atoms with Gasteiger partial charge in [-0.15, -0.1) is 0 Å². The lowest BCUT2D eigenvalue weighted by Crippen LogP contribution is -2.45. The van der Waals surface area contributed by atoms with Crippen LogP contribution in [0.4, 0.5) is 0 Å². The van der Waals surface area contributed by atoms with Gasteiger partial charge < -0.3 is 10.2 Å². The Bertz CT molecular complexity index is 178. The van der Waals surface area contributed by atoms with Crippen LogP contribution in [0.1, 0.15) is 41.5 Å². The van der Waals surface area contributed by atoms with E-state index < -0.39 is 0 Å². The average Bonchev–Trinajstić information content (AvgIpc) is 1.99. The maximum absolute atomic E-state index is 5.40. The zero-order valence-electron chi connectivity index (χ0n) is 11.0. The van der Waals surface area contributed by atoms with E-state index in [1.54, 1.807) is 0 Å². The number of thiocarbonyl (C=S) groups is 1. The van der Waals surface area contributed by atoms with Gasteiger partial charge in [-0.1, -0.05) is 27.7 Å². The van der Waals surface area contributed by atoms with Crippen molar-refractivity contribution in [3.05, 3.63) is 0 Å². The second-order valence-corrected chi connectivity index (χ2v) is 5.68. The summed E-state index contributed by atoms with van der Waals surface area (Å²) in [4.78, 5) is 2.28. The van der Waals surface area contributed by atoms with Gasteiger partial charge in [0.25, 0.3) is 0 Å². The summed E-state index contributed by atoms with van der Waals surface area (Å²) in [6.45, 7) is 15.2. The van der Waals surface area contributed by atoms with Crippen molar-refractivity contribution in [1.82, 2.24) is 10.2 Å². The molecule has 0 fully saturated rings. The lowest BCUT2D eigenvalue weighted by atomic mass is 10.1. The van der Waals surface area contributed by atoms with Gasteiger partial charge in [0, 0.05) is 19.1 Å². The first-order valence-corrected chi connectivity index (χ1v) is 6.29. The predicted octanol–water partition coefficient (Wildman–Crippen LogP) is 2.88. The maximum atomic E-state index is 5.40. The van der Waals surface area contributed by atoms with Gasteiger partial charge in [-0.05, 0) is 37.9 Å². The molecular weight excluding hydrogens is 204 g/mol. The Hall–Kier alpha value is -0.310. The highest BCUT2D eigenvalue weighted by molar-refractivity contribution is 7.80. The zero-order chi connectivity index (χ0) is 12.0. The van der Waals surface area contributed by atoms with Gasteiger partial charge in [-0.2, -0.15) is 0 Å². The zero-order valence-corrected chi connectivity index (χ0v) is 11.8. The molecule has 0 aliphatic rings. The summed E-state index contributed by atoms with van der Waals surface area (Å²) >= 11 is 5.40. The van der Waals surface area contributed by atoms with Crippen LogP contribution in [-0.4, -0.2) is 29.1 Å². The van der Waals surface area contributed by atoms with Crippen LogP contribution in [0.25, 0.3) is 0 Å². The molecule has 0 radical (unpaired) electrons. The minimum atomic E-state index is 0.416. The van der Waals surface area contributed by atoms with Crippen molar-refractivity contribution in [2.24, 2.45) is 11.8 Å². The molecule has 0 rings (SSSR count). The molecule has 90 valence electrons. The fourth-order valence-corrected chi connectivity index (χ4v) is 1.84. The lowest BCUT2D eigenvalue weighted by molar-refractivity contribution is 0.322. The predicted molar refractivity (Wildman–Crippen MR) is 72.1 cm³/mol. The summed E-state index contributed by atoms with van der Waals surface area (Å²) in [5, 5.41) is 4.21. The first-order chi connectivity index (χ1) is 6.82. The Balaban J connectivity index is 4.27. The second kappa shape index (κ2) is 7.04.